The zero-order chi connectivity index (χ0) is 21.1. The number of carboxylic acid groups (broad SMARTS) is 3. The van der Waals surface area contributed by atoms with Crippen LogP contribution in [0.5, 0.6) is 0 Å². The second kappa shape index (κ2) is 8.31. The van der Waals surface area contributed by atoms with Crippen molar-refractivity contribution in [3.05, 3.63) is 30.0 Å². The molecule has 1 aliphatic rings. The van der Waals surface area contributed by atoms with E-state index >= 15 is 0 Å². The molecule has 0 spiro atoms. The Morgan fingerprint density at radius 2 is 1.93 bits per heavy atom. The number of likely N-dealkylation sites (tertiary alicyclic amines) is 1. The van der Waals surface area contributed by atoms with E-state index in [0.717, 1.165) is 0 Å². The van der Waals surface area contributed by atoms with Crippen molar-refractivity contribution in [1.29, 1.82) is 0 Å². The average molecular weight is 403 g/mol. The smallest absolute Gasteiger partial charge is 0.325 e. The van der Waals surface area contributed by atoms with E-state index in [4.69, 9.17) is 5.11 Å². The van der Waals surface area contributed by atoms with Crippen LogP contribution in [0.1, 0.15) is 37.3 Å². The molecule has 1 aromatic heterocycles. The maximum absolute atomic E-state index is 12.0. The average Bonchev–Trinajstić information content (AvgIpc) is 3.28. The van der Waals surface area contributed by atoms with Crippen molar-refractivity contribution in [2.75, 3.05) is 11.9 Å². The molecule has 0 radical (unpaired) electrons. The first-order valence-electron chi connectivity index (χ1n) is 9.12. The molecule has 1 aromatic carbocycles. The van der Waals surface area contributed by atoms with Crippen molar-refractivity contribution in [2.45, 2.75) is 37.8 Å². The molecule has 1 aliphatic heterocycles. The molecule has 2 aromatic rings. The molecule has 0 aliphatic carbocycles. The molecule has 10 nitrogen and oxygen atoms in total. The number of carbonyl (C=O) groups is 4. The van der Waals surface area contributed by atoms with E-state index in [1.54, 1.807) is 18.2 Å². The van der Waals surface area contributed by atoms with Crippen molar-refractivity contribution < 1.29 is 34.5 Å². The fraction of sp³-hybridized carbons (Fsp3) is 0.368. The molecule has 2 atom stereocenters. The normalized spacial score (nSPS) is 17.9. The summed E-state index contributed by atoms with van der Waals surface area (Å²) in [5.41, 5.74) is 1.44. The quantitative estimate of drug-likeness (QED) is 0.445. The Labute approximate surface area is 165 Å². The maximum atomic E-state index is 12.0. The summed E-state index contributed by atoms with van der Waals surface area (Å²) in [4.78, 5) is 50.5. The van der Waals surface area contributed by atoms with Crippen LogP contribution in [0.25, 0.3) is 10.9 Å². The molecular weight excluding hydrogens is 382 g/mol. The van der Waals surface area contributed by atoms with E-state index in [-0.39, 0.29) is 12.8 Å². The van der Waals surface area contributed by atoms with Gasteiger partial charge in [-0.25, -0.2) is 0 Å². The topological polar surface area (TPSA) is 160 Å². The van der Waals surface area contributed by atoms with E-state index in [1.165, 1.54) is 11.1 Å². The Morgan fingerprint density at radius 1 is 1.17 bits per heavy atom. The number of aliphatic carboxylic acids is 3. The van der Waals surface area contributed by atoms with Crippen LogP contribution in [0.4, 0.5) is 5.69 Å². The SMILES string of the molecule is O=C(O)CCC(=O)Nc1ccc2[nH]cc([C@H](C(=O)O)N3CCC[C@H]3C(=O)O)c2c1. The van der Waals surface area contributed by atoms with Crippen LogP contribution in [0.2, 0.25) is 0 Å². The number of H-pyrrole nitrogens is 1. The number of aromatic amines is 1. The van der Waals surface area contributed by atoms with Crippen LogP contribution in [0.15, 0.2) is 24.4 Å². The highest BCUT2D eigenvalue weighted by Crippen LogP contribution is 2.35. The molecule has 2 heterocycles. The molecule has 0 unspecified atom stereocenters. The molecule has 5 N–H and O–H groups in total. The van der Waals surface area contributed by atoms with Gasteiger partial charge >= 0.3 is 17.9 Å². The molecule has 0 saturated carbocycles. The highest BCUT2D eigenvalue weighted by Gasteiger charge is 2.40. The highest BCUT2D eigenvalue weighted by molar-refractivity contribution is 5.97. The van der Waals surface area contributed by atoms with Crippen molar-refractivity contribution in [2.24, 2.45) is 0 Å². The number of nitrogens with one attached hydrogen (secondary N) is 2. The molecule has 29 heavy (non-hydrogen) atoms. The predicted octanol–water partition coefficient (Wildman–Crippen LogP) is 1.65. The number of nitrogens with zero attached hydrogens (tertiary/aromatic N) is 1. The van der Waals surface area contributed by atoms with Gasteiger partial charge in [-0.3, -0.25) is 24.1 Å². The molecule has 1 fully saturated rings. The Kier molecular flexibility index (Phi) is 5.83. The maximum Gasteiger partial charge on any atom is 0.325 e. The number of aromatic nitrogens is 1. The lowest BCUT2D eigenvalue weighted by atomic mass is 10.0. The zero-order valence-corrected chi connectivity index (χ0v) is 15.4. The minimum atomic E-state index is -1.16. The minimum absolute atomic E-state index is 0.181. The van der Waals surface area contributed by atoms with Gasteiger partial charge in [0.15, 0.2) is 0 Å². The minimum Gasteiger partial charge on any atom is -0.481 e. The zero-order valence-electron chi connectivity index (χ0n) is 15.4. The van der Waals surface area contributed by atoms with Gasteiger partial charge in [-0.05, 0) is 31.0 Å². The third kappa shape index (κ3) is 4.37. The van der Waals surface area contributed by atoms with E-state index in [2.05, 4.69) is 10.3 Å². The molecule has 0 bridgehead atoms. The lowest BCUT2D eigenvalue weighted by Crippen LogP contribution is -2.41. The molecule has 1 amide bonds. The third-order valence-electron chi connectivity index (χ3n) is 5.00. The summed E-state index contributed by atoms with van der Waals surface area (Å²) in [6, 6.07) is 2.86. The predicted molar refractivity (Wildman–Crippen MR) is 102 cm³/mol. The lowest BCUT2D eigenvalue weighted by Gasteiger charge is -2.27. The van der Waals surface area contributed by atoms with E-state index in [9.17, 15) is 29.4 Å². The first kappa shape index (κ1) is 20.3. The Hall–Kier alpha value is -3.40. The molecule has 154 valence electrons. The monoisotopic (exact) mass is 403 g/mol. The van der Waals surface area contributed by atoms with Gasteiger partial charge < -0.3 is 25.6 Å². The van der Waals surface area contributed by atoms with Crippen LogP contribution in [-0.4, -0.2) is 61.6 Å². The van der Waals surface area contributed by atoms with Crippen molar-refractivity contribution in [3.63, 3.8) is 0 Å². The van der Waals surface area contributed by atoms with Gasteiger partial charge in [0.1, 0.15) is 12.1 Å². The Bertz CT molecular complexity index is 968. The number of benzene rings is 1. The third-order valence-corrected chi connectivity index (χ3v) is 5.00. The van der Waals surface area contributed by atoms with Crippen molar-refractivity contribution >= 4 is 40.4 Å². The van der Waals surface area contributed by atoms with E-state index < -0.39 is 35.9 Å². The Morgan fingerprint density at radius 3 is 2.59 bits per heavy atom. The number of carbonyl (C=O) groups excluding carboxylic acids is 1. The summed E-state index contributed by atoms with van der Waals surface area (Å²) >= 11 is 0. The van der Waals surface area contributed by atoms with Gasteiger partial charge in [-0.2, -0.15) is 0 Å². The number of hydrogen-bond donors (Lipinski definition) is 5. The number of anilines is 1. The van der Waals surface area contributed by atoms with Gasteiger partial charge in [-0.15, -0.1) is 0 Å². The van der Waals surface area contributed by atoms with Gasteiger partial charge in [0, 0.05) is 41.3 Å². The largest absolute Gasteiger partial charge is 0.481 e. The second-order valence-corrected chi connectivity index (χ2v) is 6.92. The van der Waals surface area contributed by atoms with Crippen molar-refractivity contribution in [1.82, 2.24) is 9.88 Å². The summed E-state index contributed by atoms with van der Waals surface area (Å²) < 4.78 is 0. The molecular formula is C19H21N3O7. The van der Waals surface area contributed by atoms with Crippen molar-refractivity contribution in [3.8, 4) is 0 Å². The van der Waals surface area contributed by atoms with E-state index in [1.807, 2.05) is 0 Å². The summed E-state index contributed by atoms with van der Waals surface area (Å²) in [7, 11) is 0. The number of amides is 1. The van der Waals surface area contributed by atoms with Crippen LogP contribution >= 0.6 is 0 Å². The van der Waals surface area contributed by atoms with Gasteiger partial charge in [0.05, 0.1) is 6.42 Å². The van der Waals surface area contributed by atoms with Crippen LogP contribution in [0, 0.1) is 0 Å². The number of fused-ring (bicyclic) bond motifs is 1. The van der Waals surface area contributed by atoms with Crippen LogP contribution < -0.4 is 5.32 Å². The summed E-state index contributed by atoms with van der Waals surface area (Å²) in [6.07, 6.45) is 2.03. The highest BCUT2D eigenvalue weighted by atomic mass is 16.4. The molecule has 10 heteroatoms. The second-order valence-electron chi connectivity index (χ2n) is 6.92. The van der Waals surface area contributed by atoms with Gasteiger partial charge in [0.25, 0.3) is 0 Å². The standard InChI is InChI=1S/C19H21N3O7/c23-15(5-6-16(24)25)21-10-3-4-13-11(8-10)12(9-20-13)17(19(28)29)22-7-1-2-14(22)18(26)27/h3-4,8-9,14,17,20H,1-2,5-7H2,(H,21,23)(H,24,25)(H,26,27)(H,28,29)/t14-,17+/m0/s1. The first-order chi connectivity index (χ1) is 13.8. The number of rotatable bonds is 8. The summed E-state index contributed by atoms with van der Waals surface area (Å²) in [5, 5.41) is 31.1. The fourth-order valence-corrected chi connectivity index (χ4v) is 3.71. The van der Waals surface area contributed by atoms with Gasteiger partial charge in [-0.1, -0.05) is 0 Å². The number of carboxylic acids is 3. The van der Waals surface area contributed by atoms with Gasteiger partial charge in [0.2, 0.25) is 5.91 Å². The van der Waals surface area contributed by atoms with E-state index in [0.29, 0.717) is 41.5 Å². The Balaban J connectivity index is 1.91. The first-order valence-corrected chi connectivity index (χ1v) is 9.12. The van der Waals surface area contributed by atoms with Crippen LogP contribution in [-0.2, 0) is 19.2 Å². The fourth-order valence-electron chi connectivity index (χ4n) is 3.71. The molecule has 3 rings (SSSR count). The lowest BCUT2D eigenvalue weighted by molar-refractivity contribution is -0.149. The number of hydrogen-bond acceptors (Lipinski definition) is 5. The van der Waals surface area contributed by atoms with Crippen LogP contribution in [0.3, 0.4) is 0 Å². The molecule has 1 saturated heterocycles. The summed E-state index contributed by atoms with van der Waals surface area (Å²) in [5.74, 6) is -3.76. The summed E-state index contributed by atoms with van der Waals surface area (Å²) in [6.45, 7) is 0.353.